The first-order valence-electron chi connectivity index (χ1n) is 7.15. The first-order chi connectivity index (χ1) is 10.2. The van der Waals surface area contributed by atoms with Crippen molar-refractivity contribution in [3.63, 3.8) is 0 Å². The second-order valence-electron chi connectivity index (χ2n) is 4.87. The molecule has 1 aromatic heterocycles. The zero-order chi connectivity index (χ0) is 15.1. The van der Waals surface area contributed by atoms with Crippen LogP contribution in [0.2, 0.25) is 0 Å². The van der Waals surface area contributed by atoms with Crippen LogP contribution in [0.4, 0.5) is 5.69 Å². The van der Waals surface area contributed by atoms with Gasteiger partial charge in [0.15, 0.2) is 0 Å². The third kappa shape index (κ3) is 4.53. The quantitative estimate of drug-likeness (QED) is 0.759. The van der Waals surface area contributed by atoms with Crippen molar-refractivity contribution < 1.29 is 0 Å². The predicted octanol–water partition coefficient (Wildman–Crippen LogP) is 2.37. The molecule has 21 heavy (non-hydrogen) atoms. The Morgan fingerprint density at radius 3 is 2.76 bits per heavy atom. The van der Waals surface area contributed by atoms with Gasteiger partial charge in [-0.05, 0) is 18.6 Å². The molecule has 0 spiro atoms. The van der Waals surface area contributed by atoms with Gasteiger partial charge in [0.2, 0.25) is 0 Å². The number of rotatable bonds is 8. The van der Waals surface area contributed by atoms with E-state index in [1.807, 2.05) is 22.9 Å². The fraction of sp³-hybridized carbons (Fsp3) is 0.400. The minimum absolute atomic E-state index is 0.533. The van der Waals surface area contributed by atoms with E-state index in [0.29, 0.717) is 18.0 Å². The number of benzene rings is 1. The summed E-state index contributed by atoms with van der Waals surface area (Å²) in [5.74, 6) is 0.962. The van der Waals surface area contributed by atoms with Crippen LogP contribution in [0.1, 0.15) is 25.6 Å². The van der Waals surface area contributed by atoms with E-state index in [2.05, 4.69) is 34.0 Å². The minimum Gasteiger partial charge on any atom is -0.393 e. The fourth-order valence-electron chi connectivity index (χ4n) is 2.16. The third-order valence-electron chi connectivity index (χ3n) is 3.21. The lowest BCUT2D eigenvalue weighted by atomic mass is 10.2. The fourth-order valence-corrected chi connectivity index (χ4v) is 2.25. The standard InChI is InChI=1S/C15H21N5S/c1-2-9-20-15(17-12-18-20)11-19(10-8-14(16)21)13-6-4-3-5-7-13/h3-7,12H,2,8-11H2,1H3,(H2,16,21). The number of para-hydroxylation sites is 1. The van der Waals surface area contributed by atoms with Gasteiger partial charge in [-0.25, -0.2) is 9.67 Å². The van der Waals surface area contributed by atoms with Crippen LogP contribution in [0.15, 0.2) is 36.7 Å². The second-order valence-corrected chi connectivity index (χ2v) is 5.40. The Hall–Kier alpha value is -1.95. The molecule has 2 aromatic rings. The Balaban J connectivity index is 2.15. The van der Waals surface area contributed by atoms with E-state index in [0.717, 1.165) is 31.0 Å². The normalized spacial score (nSPS) is 10.5. The summed E-state index contributed by atoms with van der Waals surface area (Å²) in [6, 6.07) is 10.2. The van der Waals surface area contributed by atoms with Crippen molar-refractivity contribution in [2.24, 2.45) is 5.73 Å². The number of nitrogens with two attached hydrogens (primary N) is 1. The molecule has 2 rings (SSSR count). The Morgan fingerprint density at radius 1 is 1.33 bits per heavy atom. The molecule has 0 saturated heterocycles. The Kier molecular flexibility index (Phi) is 5.68. The highest BCUT2D eigenvalue weighted by atomic mass is 32.1. The van der Waals surface area contributed by atoms with Crippen molar-refractivity contribution in [2.45, 2.75) is 32.9 Å². The van der Waals surface area contributed by atoms with Crippen LogP contribution in [0.25, 0.3) is 0 Å². The molecule has 2 N–H and O–H groups in total. The SMILES string of the molecule is CCCn1ncnc1CN(CCC(N)=S)c1ccccc1. The van der Waals surface area contributed by atoms with Crippen molar-refractivity contribution in [2.75, 3.05) is 11.4 Å². The molecule has 0 aliphatic rings. The van der Waals surface area contributed by atoms with Gasteiger partial charge in [-0.15, -0.1) is 0 Å². The average molecular weight is 303 g/mol. The highest BCUT2D eigenvalue weighted by Gasteiger charge is 2.12. The van der Waals surface area contributed by atoms with Gasteiger partial charge in [-0.2, -0.15) is 5.10 Å². The second kappa shape index (κ2) is 7.73. The molecule has 0 amide bonds. The van der Waals surface area contributed by atoms with Gasteiger partial charge in [0.05, 0.1) is 11.5 Å². The van der Waals surface area contributed by atoms with Gasteiger partial charge in [0.1, 0.15) is 12.2 Å². The molecule has 6 heteroatoms. The number of anilines is 1. The maximum absolute atomic E-state index is 5.64. The number of aryl methyl sites for hydroxylation is 1. The molecule has 0 fully saturated rings. The molecule has 0 bridgehead atoms. The summed E-state index contributed by atoms with van der Waals surface area (Å²) < 4.78 is 1.96. The summed E-state index contributed by atoms with van der Waals surface area (Å²) >= 11 is 5.00. The van der Waals surface area contributed by atoms with Crippen molar-refractivity contribution in [3.05, 3.63) is 42.5 Å². The van der Waals surface area contributed by atoms with E-state index in [1.165, 1.54) is 0 Å². The summed E-state index contributed by atoms with van der Waals surface area (Å²) in [6.07, 6.45) is 3.34. The zero-order valence-corrected chi connectivity index (χ0v) is 13.1. The zero-order valence-electron chi connectivity index (χ0n) is 12.3. The van der Waals surface area contributed by atoms with Crippen molar-refractivity contribution >= 4 is 22.9 Å². The third-order valence-corrected chi connectivity index (χ3v) is 3.42. The van der Waals surface area contributed by atoms with Crippen LogP contribution in [-0.2, 0) is 13.1 Å². The van der Waals surface area contributed by atoms with Crippen LogP contribution in [0.5, 0.6) is 0 Å². The van der Waals surface area contributed by atoms with Crippen molar-refractivity contribution in [1.82, 2.24) is 14.8 Å². The average Bonchev–Trinajstić information content (AvgIpc) is 2.92. The Morgan fingerprint density at radius 2 is 2.10 bits per heavy atom. The summed E-state index contributed by atoms with van der Waals surface area (Å²) in [6.45, 7) is 4.49. The van der Waals surface area contributed by atoms with E-state index in [9.17, 15) is 0 Å². The molecule has 0 radical (unpaired) electrons. The molecule has 1 heterocycles. The lowest BCUT2D eigenvalue weighted by Gasteiger charge is -2.24. The van der Waals surface area contributed by atoms with E-state index >= 15 is 0 Å². The first-order valence-corrected chi connectivity index (χ1v) is 7.56. The number of nitrogens with zero attached hydrogens (tertiary/aromatic N) is 4. The highest BCUT2D eigenvalue weighted by molar-refractivity contribution is 7.80. The first kappa shape index (κ1) is 15.4. The van der Waals surface area contributed by atoms with Gasteiger partial charge >= 0.3 is 0 Å². The Labute approximate surface area is 130 Å². The summed E-state index contributed by atoms with van der Waals surface area (Å²) in [4.78, 5) is 7.14. The van der Waals surface area contributed by atoms with Crippen LogP contribution in [0, 0.1) is 0 Å². The molecule has 0 unspecified atom stereocenters. The van der Waals surface area contributed by atoms with E-state index in [4.69, 9.17) is 18.0 Å². The smallest absolute Gasteiger partial charge is 0.146 e. The summed E-state index contributed by atoms with van der Waals surface area (Å²) in [7, 11) is 0. The molecule has 0 saturated carbocycles. The molecular formula is C15H21N5S. The largest absolute Gasteiger partial charge is 0.393 e. The molecule has 0 aliphatic heterocycles. The number of thiocarbonyl (C=S) groups is 1. The van der Waals surface area contributed by atoms with Gasteiger partial charge in [0.25, 0.3) is 0 Å². The topological polar surface area (TPSA) is 60.0 Å². The number of hydrogen-bond acceptors (Lipinski definition) is 4. The van der Waals surface area contributed by atoms with Gasteiger partial charge in [-0.3, -0.25) is 0 Å². The lowest BCUT2D eigenvalue weighted by molar-refractivity contribution is 0.561. The molecule has 112 valence electrons. The van der Waals surface area contributed by atoms with E-state index in [-0.39, 0.29) is 0 Å². The highest BCUT2D eigenvalue weighted by Crippen LogP contribution is 2.16. The van der Waals surface area contributed by atoms with Crippen molar-refractivity contribution in [3.8, 4) is 0 Å². The molecule has 0 atom stereocenters. The van der Waals surface area contributed by atoms with Crippen LogP contribution in [-0.4, -0.2) is 26.3 Å². The molecule has 5 nitrogen and oxygen atoms in total. The van der Waals surface area contributed by atoms with Crippen LogP contribution in [0.3, 0.4) is 0 Å². The van der Waals surface area contributed by atoms with Gasteiger partial charge in [0, 0.05) is 25.2 Å². The molecule has 0 aliphatic carbocycles. The van der Waals surface area contributed by atoms with Crippen LogP contribution >= 0.6 is 12.2 Å². The Bertz CT molecular complexity index is 566. The monoisotopic (exact) mass is 303 g/mol. The molecule has 1 aromatic carbocycles. The maximum atomic E-state index is 5.64. The van der Waals surface area contributed by atoms with Crippen molar-refractivity contribution in [1.29, 1.82) is 0 Å². The summed E-state index contributed by atoms with van der Waals surface area (Å²) in [5.41, 5.74) is 6.78. The predicted molar refractivity (Wildman–Crippen MR) is 89.2 cm³/mol. The van der Waals surface area contributed by atoms with E-state index in [1.54, 1.807) is 6.33 Å². The van der Waals surface area contributed by atoms with Gasteiger partial charge in [-0.1, -0.05) is 37.3 Å². The summed E-state index contributed by atoms with van der Waals surface area (Å²) in [5, 5.41) is 4.28. The van der Waals surface area contributed by atoms with Gasteiger partial charge < -0.3 is 10.6 Å². The molecular weight excluding hydrogens is 282 g/mol. The van der Waals surface area contributed by atoms with E-state index < -0.39 is 0 Å². The number of aromatic nitrogens is 3. The lowest BCUT2D eigenvalue weighted by Crippen LogP contribution is -2.28. The van der Waals surface area contributed by atoms with Crippen LogP contribution < -0.4 is 10.6 Å². The maximum Gasteiger partial charge on any atom is 0.146 e. The minimum atomic E-state index is 0.533. The number of hydrogen-bond donors (Lipinski definition) is 1.